The Hall–Kier alpha value is -2.89. The van der Waals surface area contributed by atoms with Crippen LogP contribution in [0, 0.1) is 11.8 Å². The smallest absolute Gasteiger partial charge is 0.325 e. The topological polar surface area (TPSA) is 75.7 Å². The number of amides is 2. The molecule has 0 spiro atoms. The third-order valence-corrected chi connectivity index (χ3v) is 4.29. The van der Waals surface area contributed by atoms with Gasteiger partial charge < -0.3 is 15.0 Å². The molecule has 0 bridgehead atoms. The molecule has 0 radical (unpaired) electrons. The molecule has 0 aromatic heterocycles. The molecule has 0 unspecified atom stereocenters. The van der Waals surface area contributed by atoms with Crippen molar-refractivity contribution in [2.75, 3.05) is 26.2 Å². The highest BCUT2D eigenvalue weighted by Crippen LogP contribution is 2.15. The Morgan fingerprint density at radius 1 is 0.931 bits per heavy atom. The molecule has 29 heavy (non-hydrogen) atoms. The first-order valence-corrected chi connectivity index (χ1v) is 9.96. The van der Waals surface area contributed by atoms with Crippen molar-refractivity contribution in [3.63, 3.8) is 0 Å². The molecule has 0 aliphatic carbocycles. The van der Waals surface area contributed by atoms with Crippen LogP contribution in [-0.4, -0.2) is 48.9 Å². The summed E-state index contributed by atoms with van der Waals surface area (Å²) in [6, 6.07) is 13.1. The van der Waals surface area contributed by atoms with E-state index in [1.54, 1.807) is 17.0 Å². The molecule has 2 aromatic rings. The van der Waals surface area contributed by atoms with Gasteiger partial charge in [0, 0.05) is 18.7 Å². The molecule has 1 N–H and O–H groups in total. The lowest BCUT2D eigenvalue weighted by Crippen LogP contribution is -2.40. The summed E-state index contributed by atoms with van der Waals surface area (Å²) in [7, 11) is 0. The van der Waals surface area contributed by atoms with Crippen LogP contribution >= 0.6 is 0 Å². The van der Waals surface area contributed by atoms with Gasteiger partial charge >= 0.3 is 5.97 Å². The summed E-state index contributed by atoms with van der Waals surface area (Å²) in [6.07, 6.45) is 0. The van der Waals surface area contributed by atoms with Gasteiger partial charge in [0.15, 0.2) is 6.61 Å². The van der Waals surface area contributed by atoms with Crippen LogP contribution in [0.5, 0.6) is 0 Å². The third kappa shape index (κ3) is 7.22. The van der Waals surface area contributed by atoms with E-state index in [2.05, 4.69) is 5.32 Å². The predicted octanol–water partition coefficient (Wildman–Crippen LogP) is 3.25. The first-order chi connectivity index (χ1) is 13.8. The zero-order valence-corrected chi connectivity index (χ0v) is 17.6. The summed E-state index contributed by atoms with van der Waals surface area (Å²) in [5, 5.41) is 4.53. The Balaban J connectivity index is 1.83. The predicted molar refractivity (Wildman–Crippen MR) is 113 cm³/mol. The maximum Gasteiger partial charge on any atom is 0.325 e. The number of nitrogens with one attached hydrogen (secondary N) is 1. The Kier molecular flexibility index (Phi) is 8.19. The van der Waals surface area contributed by atoms with E-state index in [9.17, 15) is 14.4 Å². The normalized spacial score (nSPS) is 11.0. The van der Waals surface area contributed by atoms with Crippen LogP contribution in [0.25, 0.3) is 10.8 Å². The Labute approximate surface area is 172 Å². The lowest BCUT2D eigenvalue weighted by Gasteiger charge is -2.26. The molecule has 0 atom stereocenters. The van der Waals surface area contributed by atoms with Crippen LogP contribution in [0.1, 0.15) is 38.1 Å². The number of carbonyl (C=O) groups excluding carboxylic acids is 3. The van der Waals surface area contributed by atoms with Crippen molar-refractivity contribution in [1.29, 1.82) is 0 Å². The molecular formula is C23H30N2O4. The number of rotatable bonds is 9. The van der Waals surface area contributed by atoms with Crippen LogP contribution in [0.15, 0.2) is 42.5 Å². The second-order valence-corrected chi connectivity index (χ2v) is 7.99. The minimum Gasteiger partial charge on any atom is -0.454 e. The van der Waals surface area contributed by atoms with Gasteiger partial charge in [-0.1, -0.05) is 58.0 Å². The quantitative estimate of drug-likeness (QED) is 0.658. The molecule has 6 nitrogen and oxygen atoms in total. The van der Waals surface area contributed by atoms with Crippen LogP contribution in [0.3, 0.4) is 0 Å². The zero-order chi connectivity index (χ0) is 21.4. The maximum atomic E-state index is 12.4. The molecule has 0 fully saturated rings. The number of nitrogens with zero attached hydrogens (tertiary/aromatic N) is 1. The number of esters is 1. The fraction of sp³-hybridized carbons (Fsp3) is 0.435. The van der Waals surface area contributed by atoms with E-state index in [4.69, 9.17) is 4.74 Å². The average molecular weight is 399 g/mol. The van der Waals surface area contributed by atoms with Gasteiger partial charge in [0.05, 0.1) is 0 Å². The van der Waals surface area contributed by atoms with E-state index < -0.39 is 5.97 Å². The number of fused-ring (bicyclic) bond motifs is 1. The van der Waals surface area contributed by atoms with Crippen molar-refractivity contribution >= 4 is 28.6 Å². The number of hydrogen-bond donors (Lipinski definition) is 1. The van der Waals surface area contributed by atoms with E-state index in [-0.39, 0.29) is 25.0 Å². The molecule has 0 heterocycles. The second kappa shape index (κ2) is 10.6. The van der Waals surface area contributed by atoms with Gasteiger partial charge in [-0.3, -0.25) is 14.4 Å². The zero-order valence-electron chi connectivity index (χ0n) is 17.6. The lowest BCUT2D eigenvalue weighted by molar-refractivity contribution is -0.151. The van der Waals surface area contributed by atoms with Crippen LogP contribution in [0.4, 0.5) is 0 Å². The number of benzene rings is 2. The second-order valence-electron chi connectivity index (χ2n) is 7.99. The molecule has 0 saturated carbocycles. The first-order valence-electron chi connectivity index (χ1n) is 9.96. The molecule has 2 rings (SSSR count). The third-order valence-electron chi connectivity index (χ3n) is 4.29. The summed E-state index contributed by atoms with van der Waals surface area (Å²) in [4.78, 5) is 38.3. The van der Waals surface area contributed by atoms with Crippen molar-refractivity contribution in [1.82, 2.24) is 10.2 Å². The average Bonchev–Trinajstić information content (AvgIpc) is 2.68. The van der Waals surface area contributed by atoms with Gasteiger partial charge in [-0.2, -0.15) is 0 Å². The SMILES string of the molecule is CC(C)CN(CC(C)C)C(=O)COC(=O)CNC(=O)c1ccc2ccccc2c1. The molecule has 0 aliphatic heterocycles. The monoisotopic (exact) mass is 398 g/mol. The van der Waals surface area contributed by atoms with Crippen molar-refractivity contribution in [3.8, 4) is 0 Å². The minimum atomic E-state index is -0.637. The molecule has 0 saturated heterocycles. The maximum absolute atomic E-state index is 12.4. The molecule has 6 heteroatoms. The van der Waals surface area contributed by atoms with E-state index >= 15 is 0 Å². The summed E-state index contributed by atoms with van der Waals surface area (Å²) in [5.41, 5.74) is 0.465. The largest absolute Gasteiger partial charge is 0.454 e. The summed E-state index contributed by atoms with van der Waals surface area (Å²) in [6.45, 7) is 8.78. The van der Waals surface area contributed by atoms with Gasteiger partial charge in [-0.15, -0.1) is 0 Å². The van der Waals surface area contributed by atoms with Crippen molar-refractivity contribution < 1.29 is 19.1 Å². The van der Waals surface area contributed by atoms with Crippen LogP contribution in [0.2, 0.25) is 0 Å². The fourth-order valence-corrected chi connectivity index (χ4v) is 3.03. The van der Waals surface area contributed by atoms with E-state index in [1.165, 1.54) is 0 Å². The standard InChI is InChI=1S/C23H30N2O4/c1-16(2)13-25(14-17(3)4)21(26)15-29-22(27)12-24-23(28)20-10-9-18-7-5-6-8-19(18)11-20/h5-11,16-17H,12-15H2,1-4H3,(H,24,28). The fourth-order valence-electron chi connectivity index (χ4n) is 3.03. The van der Waals surface area contributed by atoms with Gasteiger partial charge in [0.25, 0.3) is 11.8 Å². The van der Waals surface area contributed by atoms with Crippen molar-refractivity contribution in [3.05, 3.63) is 48.0 Å². The molecular weight excluding hydrogens is 368 g/mol. The summed E-state index contributed by atoms with van der Waals surface area (Å²) in [5.74, 6) is -0.562. The van der Waals surface area contributed by atoms with Gasteiger partial charge in [0.2, 0.25) is 0 Å². The van der Waals surface area contributed by atoms with Gasteiger partial charge in [-0.05, 0) is 34.7 Å². The van der Waals surface area contributed by atoms with E-state index in [0.29, 0.717) is 30.5 Å². The minimum absolute atomic E-state index is 0.221. The van der Waals surface area contributed by atoms with E-state index in [0.717, 1.165) is 10.8 Å². The highest BCUT2D eigenvalue weighted by atomic mass is 16.5. The Morgan fingerprint density at radius 3 is 2.17 bits per heavy atom. The summed E-state index contributed by atoms with van der Waals surface area (Å²) < 4.78 is 5.06. The number of hydrogen-bond acceptors (Lipinski definition) is 4. The molecule has 0 aliphatic rings. The highest BCUT2D eigenvalue weighted by molar-refractivity contribution is 5.99. The molecule has 2 aromatic carbocycles. The first kappa shape index (κ1) is 22.4. The van der Waals surface area contributed by atoms with Crippen molar-refractivity contribution in [2.45, 2.75) is 27.7 Å². The van der Waals surface area contributed by atoms with Crippen LogP contribution < -0.4 is 5.32 Å². The molecule has 2 amide bonds. The van der Waals surface area contributed by atoms with Crippen molar-refractivity contribution in [2.24, 2.45) is 11.8 Å². The Bertz CT molecular complexity index is 851. The van der Waals surface area contributed by atoms with Crippen LogP contribution in [-0.2, 0) is 14.3 Å². The van der Waals surface area contributed by atoms with E-state index in [1.807, 2.05) is 58.0 Å². The highest BCUT2D eigenvalue weighted by Gasteiger charge is 2.18. The Morgan fingerprint density at radius 2 is 1.55 bits per heavy atom. The number of carbonyl (C=O) groups is 3. The summed E-state index contributed by atoms with van der Waals surface area (Å²) >= 11 is 0. The lowest BCUT2D eigenvalue weighted by atomic mass is 10.1. The van der Waals surface area contributed by atoms with Gasteiger partial charge in [0.1, 0.15) is 6.54 Å². The number of ether oxygens (including phenoxy) is 1. The van der Waals surface area contributed by atoms with Gasteiger partial charge in [-0.25, -0.2) is 0 Å². The molecule has 156 valence electrons.